The van der Waals surface area contributed by atoms with Gasteiger partial charge in [-0.2, -0.15) is 0 Å². The van der Waals surface area contributed by atoms with Gasteiger partial charge in [0.25, 0.3) is 0 Å². The van der Waals surface area contributed by atoms with E-state index >= 15 is 0 Å². The minimum absolute atomic E-state index is 0. The van der Waals surface area contributed by atoms with Gasteiger partial charge >= 0.3 is 0 Å². The summed E-state index contributed by atoms with van der Waals surface area (Å²) in [6, 6.07) is 16.0. The van der Waals surface area contributed by atoms with Gasteiger partial charge in [-0.25, -0.2) is 4.98 Å². The van der Waals surface area contributed by atoms with Crippen molar-refractivity contribution in [1.82, 2.24) is 15.3 Å². The number of aromatic amines is 1. The van der Waals surface area contributed by atoms with Gasteiger partial charge in [0.1, 0.15) is 11.4 Å². The lowest BCUT2D eigenvalue weighted by molar-refractivity contribution is -0.170. The average molecular weight is 429 g/mol. The quantitative estimate of drug-likeness (QED) is 0.556. The molecule has 1 amide bonds. The van der Waals surface area contributed by atoms with Gasteiger partial charge in [-0.15, -0.1) is 12.4 Å². The highest BCUT2D eigenvalue weighted by atomic mass is 35.5. The Morgan fingerprint density at radius 1 is 1.23 bits per heavy atom. The summed E-state index contributed by atoms with van der Waals surface area (Å²) in [4.78, 5) is 20.7. The number of ether oxygens (including phenoxy) is 1. The summed E-state index contributed by atoms with van der Waals surface area (Å²) in [5.74, 6) is 0.709. The van der Waals surface area contributed by atoms with E-state index in [1.807, 2.05) is 69.3 Å². The number of H-pyrrole nitrogens is 1. The smallest absolute Gasteiger partial charge is 0.241 e. The van der Waals surface area contributed by atoms with Gasteiger partial charge in [0.15, 0.2) is 0 Å². The van der Waals surface area contributed by atoms with Gasteiger partial charge in [0.2, 0.25) is 5.91 Å². The summed E-state index contributed by atoms with van der Waals surface area (Å²) >= 11 is 0. The van der Waals surface area contributed by atoms with Gasteiger partial charge < -0.3 is 20.8 Å². The molecule has 6 nitrogen and oxygen atoms in total. The minimum Gasteiger partial charge on any atom is -0.378 e. The number of amides is 1. The van der Waals surface area contributed by atoms with Gasteiger partial charge in [0.05, 0.1) is 17.1 Å². The van der Waals surface area contributed by atoms with Crippen LogP contribution < -0.4 is 11.1 Å². The number of benzene rings is 2. The molecular weight excluding hydrogens is 400 g/mol. The first-order valence-corrected chi connectivity index (χ1v) is 10.1. The Bertz CT molecular complexity index is 998. The molecule has 160 valence electrons. The first-order valence-electron chi connectivity index (χ1n) is 10.1. The number of nitrogens with one attached hydrogen (secondary N) is 2. The van der Waals surface area contributed by atoms with Crippen LogP contribution in [0.2, 0.25) is 0 Å². The molecule has 1 aliphatic rings. The Labute approximate surface area is 183 Å². The highest BCUT2D eigenvalue weighted by molar-refractivity contribution is 5.88. The molecule has 0 bridgehead atoms. The Balaban J connectivity index is 0.00000256. The number of halogens is 1. The van der Waals surface area contributed by atoms with Crippen LogP contribution in [-0.2, 0) is 16.1 Å². The summed E-state index contributed by atoms with van der Waals surface area (Å²) < 4.78 is 5.71. The maximum Gasteiger partial charge on any atom is 0.241 e. The van der Waals surface area contributed by atoms with E-state index in [0.717, 1.165) is 28.0 Å². The molecule has 1 heterocycles. The molecule has 0 spiro atoms. The molecule has 30 heavy (non-hydrogen) atoms. The standard InChI is InChI=1S/C23H28N4O2.ClH/c1-4-29-19-13-23(24,22(19,2)3)21(28)25-14-15-9-11-16(12-10-15)20-26-17-7-5-6-8-18(17)27-20;/h5-12,19H,4,13-14,24H2,1-3H3,(H,25,28)(H,26,27);1H. The Morgan fingerprint density at radius 3 is 2.57 bits per heavy atom. The first kappa shape index (κ1) is 22.3. The van der Waals surface area contributed by atoms with Crippen LogP contribution >= 0.6 is 12.4 Å². The number of aromatic nitrogens is 2. The van der Waals surface area contributed by atoms with Crippen molar-refractivity contribution >= 4 is 29.3 Å². The summed E-state index contributed by atoms with van der Waals surface area (Å²) in [6.45, 7) is 7.02. The number of para-hydroxylation sites is 2. The fourth-order valence-electron chi connectivity index (χ4n) is 4.03. The van der Waals surface area contributed by atoms with Gasteiger partial charge in [-0.1, -0.05) is 50.2 Å². The van der Waals surface area contributed by atoms with Crippen molar-refractivity contribution in [2.45, 2.75) is 45.4 Å². The van der Waals surface area contributed by atoms with Crippen molar-refractivity contribution < 1.29 is 9.53 Å². The zero-order valence-electron chi connectivity index (χ0n) is 17.6. The second kappa shape index (κ2) is 8.38. The number of nitrogens with two attached hydrogens (primary N) is 1. The van der Waals surface area contributed by atoms with Crippen LogP contribution in [0.4, 0.5) is 0 Å². The highest BCUT2D eigenvalue weighted by Crippen LogP contribution is 2.49. The van der Waals surface area contributed by atoms with Crippen LogP contribution in [0.5, 0.6) is 0 Å². The van der Waals surface area contributed by atoms with Crippen LogP contribution in [0.3, 0.4) is 0 Å². The van der Waals surface area contributed by atoms with Crippen molar-refractivity contribution in [2.24, 2.45) is 11.1 Å². The molecule has 0 saturated heterocycles. The van der Waals surface area contributed by atoms with Crippen LogP contribution in [0.25, 0.3) is 22.4 Å². The number of hydrogen-bond acceptors (Lipinski definition) is 4. The molecule has 1 aromatic heterocycles. The number of rotatable bonds is 6. The van der Waals surface area contributed by atoms with E-state index in [-0.39, 0.29) is 24.4 Å². The van der Waals surface area contributed by atoms with Gasteiger partial charge in [-0.3, -0.25) is 4.79 Å². The molecule has 0 radical (unpaired) electrons. The molecule has 2 aromatic carbocycles. The third kappa shape index (κ3) is 3.71. The van der Waals surface area contributed by atoms with Gasteiger partial charge in [-0.05, 0) is 24.6 Å². The second-order valence-electron chi connectivity index (χ2n) is 8.32. The van der Waals surface area contributed by atoms with E-state index < -0.39 is 11.0 Å². The number of nitrogens with zero attached hydrogens (tertiary/aromatic N) is 1. The predicted molar refractivity (Wildman–Crippen MR) is 121 cm³/mol. The monoisotopic (exact) mass is 428 g/mol. The van der Waals surface area contributed by atoms with Crippen LogP contribution in [-0.4, -0.2) is 34.1 Å². The number of carbonyl (C=O) groups excluding carboxylic acids is 1. The van der Waals surface area contributed by atoms with E-state index in [1.54, 1.807) is 0 Å². The van der Waals surface area contributed by atoms with Gasteiger partial charge in [0, 0.05) is 30.6 Å². The minimum atomic E-state index is -0.902. The normalized spacial score (nSPS) is 22.2. The summed E-state index contributed by atoms with van der Waals surface area (Å²) in [5.41, 5.74) is 9.13. The Morgan fingerprint density at radius 2 is 1.93 bits per heavy atom. The maximum atomic E-state index is 12.8. The number of carbonyl (C=O) groups is 1. The first-order chi connectivity index (χ1) is 13.8. The zero-order chi connectivity index (χ0) is 20.6. The van der Waals surface area contributed by atoms with Crippen molar-refractivity contribution in [3.63, 3.8) is 0 Å². The van der Waals surface area contributed by atoms with Crippen molar-refractivity contribution in [3.05, 3.63) is 54.1 Å². The lowest BCUT2D eigenvalue weighted by atomic mass is 9.54. The molecule has 0 aliphatic heterocycles. The van der Waals surface area contributed by atoms with Crippen LogP contribution in [0.15, 0.2) is 48.5 Å². The van der Waals surface area contributed by atoms with Crippen molar-refractivity contribution in [1.29, 1.82) is 0 Å². The third-order valence-electron chi connectivity index (χ3n) is 6.30. The summed E-state index contributed by atoms with van der Waals surface area (Å²) in [5, 5.41) is 3.00. The van der Waals surface area contributed by atoms with Crippen molar-refractivity contribution in [3.8, 4) is 11.4 Å². The lowest BCUT2D eigenvalue weighted by Gasteiger charge is -2.57. The molecule has 1 aliphatic carbocycles. The Kier molecular flexibility index (Phi) is 6.22. The molecular formula is C23H29ClN4O2. The van der Waals surface area contributed by atoms with E-state index in [4.69, 9.17) is 10.5 Å². The zero-order valence-corrected chi connectivity index (χ0v) is 18.4. The molecule has 7 heteroatoms. The maximum absolute atomic E-state index is 12.8. The number of fused-ring (bicyclic) bond motifs is 1. The molecule has 4 N–H and O–H groups in total. The van der Waals surface area contributed by atoms with E-state index in [1.165, 1.54) is 0 Å². The van der Waals surface area contributed by atoms with E-state index in [2.05, 4.69) is 15.3 Å². The highest BCUT2D eigenvalue weighted by Gasteiger charge is 2.62. The third-order valence-corrected chi connectivity index (χ3v) is 6.30. The number of imidazole rings is 1. The SMILES string of the molecule is CCOC1CC(N)(C(=O)NCc2ccc(-c3nc4ccccc4[nH]3)cc2)C1(C)C.Cl. The summed E-state index contributed by atoms with van der Waals surface area (Å²) in [6.07, 6.45) is 0.566. The fourth-order valence-corrected chi connectivity index (χ4v) is 4.03. The lowest BCUT2D eigenvalue weighted by Crippen LogP contribution is -2.75. The summed E-state index contributed by atoms with van der Waals surface area (Å²) in [7, 11) is 0. The van der Waals surface area contributed by atoms with Crippen LogP contribution in [0, 0.1) is 5.41 Å². The molecule has 1 saturated carbocycles. The topological polar surface area (TPSA) is 93.0 Å². The Hall–Kier alpha value is -2.41. The van der Waals surface area contributed by atoms with Crippen molar-refractivity contribution in [2.75, 3.05) is 6.61 Å². The second-order valence-corrected chi connectivity index (χ2v) is 8.32. The predicted octanol–water partition coefficient (Wildman–Crippen LogP) is 3.80. The largest absolute Gasteiger partial charge is 0.378 e. The molecule has 2 unspecified atom stereocenters. The molecule has 2 atom stereocenters. The van der Waals surface area contributed by atoms with E-state index in [0.29, 0.717) is 19.6 Å². The van der Waals surface area contributed by atoms with Crippen LogP contribution in [0.1, 0.15) is 32.8 Å². The average Bonchev–Trinajstić information content (AvgIpc) is 3.16. The molecule has 4 rings (SSSR count). The molecule has 3 aromatic rings. The number of hydrogen-bond donors (Lipinski definition) is 3. The van der Waals surface area contributed by atoms with E-state index in [9.17, 15) is 4.79 Å². The fraction of sp³-hybridized carbons (Fsp3) is 0.391. The molecule has 1 fully saturated rings.